The molecule has 0 saturated carbocycles. The van der Waals surface area contributed by atoms with Crippen molar-refractivity contribution in [3.8, 4) is 17.5 Å². The lowest BCUT2D eigenvalue weighted by molar-refractivity contribution is 0.593. The van der Waals surface area contributed by atoms with E-state index in [-0.39, 0.29) is 26.6 Å². The molecule has 0 bridgehead atoms. The Morgan fingerprint density at radius 1 is 1.44 bits per heavy atom. The Hall–Kier alpha value is -2.05. The summed E-state index contributed by atoms with van der Waals surface area (Å²) >= 11 is 1.02. The summed E-state index contributed by atoms with van der Waals surface area (Å²) in [6.45, 7) is 0. The van der Waals surface area contributed by atoms with Crippen LogP contribution in [-0.2, 0) is 9.84 Å². The summed E-state index contributed by atoms with van der Waals surface area (Å²) in [6.07, 6.45) is 2.31. The fraction of sp³-hybridized carbons (Fsp3) is 0.111. The number of hydrogen-bond donors (Lipinski definition) is 1. The average molecular weight is 281 g/mol. The minimum atomic E-state index is -3.51. The Kier molecular flexibility index (Phi) is 2.98. The molecule has 2 heterocycles. The first-order chi connectivity index (χ1) is 8.41. The number of aromatic nitrogens is 3. The van der Waals surface area contributed by atoms with Gasteiger partial charge in [-0.15, -0.1) is 0 Å². The predicted octanol–water partition coefficient (Wildman–Crippen LogP) is 0.457. The van der Waals surface area contributed by atoms with E-state index in [2.05, 4.69) is 15.0 Å². The fourth-order valence-corrected chi connectivity index (χ4v) is 2.39. The highest BCUT2D eigenvalue weighted by atomic mass is 32.2. The van der Waals surface area contributed by atoms with Gasteiger partial charge < -0.3 is 5.73 Å². The largest absolute Gasteiger partial charge is 0.375 e. The van der Waals surface area contributed by atoms with Crippen LogP contribution in [-0.4, -0.2) is 29.6 Å². The Bertz CT molecular complexity index is 745. The number of rotatable bonds is 2. The molecule has 0 aliphatic heterocycles. The van der Waals surface area contributed by atoms with Crippen molar-refractivity contribution in [3.63, 3.8) is 0 Å². The van der Waals surface area contributed by atoms with Crippen LogP contribution in [0.15, 0.2) is 17.4 Å². The molecule has 0 saturated heterocycles. The van der Waals surface area contributed by atoms with Gasteiger partial charge >= 0.3 is 0 Å². The van der Waals surface area contributed by atoms with Crippen LogP contribution in [0.1, 0.15) is 4.88 Å². The summed E-state index contributed by atoms with van der Waals surface area (Å²) in [6, 6.07) is 3.42. The van der Waals surface area contributed by atoms with Gasteiger partial charge in [0, 0.05) is 12.5 Å². The number of thiazole rings is 1. The maximum Gasteiger partial charge on any atom is 0.247 e. The molecule has 0 aliphatic rings. The van der Waals surface area contributed by atoms with Gasteiger partial charge in [0.1, 0.15) is 16.6 Å². The van der Waals surface area contributed by atoms with Gasteiger partial charge in [-0.05, 0) is 6.07 Å². The summed E-state index contributed by atoms with van der Waals surface area (Å²) in [4.78, 5) is 11.8. The number of hydrogen-bond acceptors (Lipinski definition) is 8. The van der Waals surface area contributed by atoms with Gasteiger partial charge in [0.15, 0.2) is 5.13 Å². The number of anilines is 1. The third-order valence-corrected chi connectivity index (χ3v) is 3.60. The maximum atomic E-state index is 11.3. The van der Waals surface area contributed by atoms with Crippen LogP contribution >= 0.6 is 11.3 Å². The van der Waals surface area contributed by atoms with Gasteiger partial charge in [0.05, 0.1) is 5.69 Å². The van der Waals surface area contributed by atoms with Gasteiger partial charge in [-0.25, -0.2) is 23.4 Å². The number of nitrogens with two attached hydrogens (primary N) is 1. The quantitative estimate of drug-likeness (QED) is 0.793. The van der Waals surface area contributed by atoms with E-state index in [1.54, 1.807) is 0 Å². The Morgan fingerprint density at radius 2 is 2.17 bits per heavy atom. The van der Waals surface area contributed by atoms with Crippen molar-refractivity contribution < 1.29 is 8.42 Å². The van der Waals surface area contributed by atoms with Crippen LogP contribution < -0.4 is 5.73 Å². The zero-order valence-corrected chi connectivity index (χ0v) is 10.8. The molecule has 7 nitrogen and oxygen atoms in total. The highest BCUT2D eigenvalue weighted by Gasteiger charge is 2.16. The third kappa shape index (κ3) is 2.29. The molecule has 9 heteroatoms. The molecule has 0 fully saturated rings. The Morgan fingerprint density at radius 3 is 2.78 bits per heavy atom. The van der Waals surface area contributed by atoms with Gasteiger partial charge in [0.2, 0.25) is 15.0 Å². The lowest BCUT2D eigenvalue weighted by Gasteiger charge is -1.99. The molecule has 0 atom stereocenters. The molecule has 0 amide bonds. The number of nitriles is 1. The Labute approximate surface area is 107 Å². The second-order valence-electron chi connectivity index (χ2n) is 3.34. The van der Waals surface area contributed by atoms with E-state index in [1.807, 2.05) is 6.07 Å². The molecule has 2 aromatic rings. The van der Waals surface area contributed by atoms with Crippen LogP contribution in [0.4, 0.5) is 5.13 Å². The van der Waals surface area contributed by atoms with Gasteiger partial charge in [-0.3, -0.25) is 0 Å². The standard InChI is InChI=1S/C9H7N5O2S2/c1-18(15,16)9-12-3-2-5(13-9)7-6(4-10)17-8(11)14-7/h2-3H,1H3,(H2,11,14). The zero-order valence-electron chi connectivity index (χ0n) is 9.15. The molecule has 2 rings (SSSR count). The van der Waals surface area contributed by atoms with E-state index < -0.39 is 9.84 Å². The first kappa shape index (κ1) is 12.4. The van der Waals surface area contributed by atoms with Crippen LogP contribution in [0, 0.1) is 11.3 Å². The normalized spacial score (nSPS) is 11.1. The van der Waals surface area contributed by atoms with Crippen molar-refractivity contribution in [2.45, 2.75) is 5.16 Å². The van der Waals surface area contributed by atoms with E-state index in [9.17, 15) is 8.42 Å². The second-order valence-corrected chi connectivity index (χ2v) is 6.28. The van der Waals surface area contributed by atoms with E-state index in [4.69, 9.17) is 11.0 Å². The number of nitrogen functional groups attached to an aromatic ring is 1. The molecule has 2 N–H and O–H groups in total. The molecule has 92 valence electrons. The minimum absolute atomic E-state index is 0.223. The summed E-state index contributed by atoms with van der Waals surface area (Å²) < 4.78 is 22.7. The molecular weight excluding hydrogens is 274 g/mol. The lowest BCUT2D eigenvalue weighted by atomic mass is 10.3. The lowest BCUT2D eigenvalue weighted by Crippen LogP contribution is -2.04. The van der Waals surface area contributed by atoms with Gasteiger partial charge in [0.25, 0.3) is 0 Å². The molecule has 0 unspecified atom stereocenters. The van der Waals surface area contributed by atoms with E-state index in [1.165, 1.54) is 12.3 Å². The number of nitrogens with zero attached hydrogens (tertiary/aromatic N) is 4. The molecule has 0 radical (unpaired) electrons. The first-order valence-electron chi connectivity index (χ1n) is 4.61. The van der Waals surface area contributed by atoms with E-state index >= 15 is 0 Å². The fourth-order valence-electron chi connectivity index (χ4n) is 1.24. The molecule has 0 aliphatic carbocycles. The smallest absolute Gasteiger partial charge is 0.247 e. The van der Waals surface area contributed by atoms with Crippen LogP contribution in [0.3, 0.4) is 0 Å². The SMILES string of the molecule is CS(=O)(=O)c1nccc(-c2nc(N)sc2C#N)n1. The average Bonchev–Trinajstić information content (AvgIpc) is 2.69. The van der Waals surface area contributed by atoms with Crippen molar-refractivity contribution in [1.29, 1.82) is 5.26 Å². The highest BCUT2D eigenvalue weighted by molar-refractivity contribution is 7.90. The summed E-state index contributed by atoms with van der Waals surface area (Å²) in [5, 5.41) is 8.84. The minimum Gasteiger partial charge on any atom is -0.375 e. The molecular formula is C9H7N5O2S2. The monoisotopic (exact) mass is 281 g/mol. The van der Waals surface area contributed by atoms with Crippen molar-refractivity contribution >= 4 is 26.3 Å². The van der Waals surface area contributed by atoms with Crippen LogP contribution in [0.5, 0.6) is 0 Å². The van der Waals surface area contributed by atoms with Crippen molar-refractivity contribution in [2.24, 2.45) is 0 Å². The first-order valence-corrected chi connectivity index (χ1v) is 7.32. The van der Waals surface area contributed by atoms with Crippen molar-refractivity contribution in [2.75, 3.05) is 12.0 Å². The predicted molar refractivity (Wildman–Crippen MR) is 65.4 cm³/mol. The zero-order chi connectivity index (χ0) is 13.3. The van der Waals surface area contributed by atoms with E-state index in [0.29, 0.717) is 0 Å². The molecule has 0 aromatic carbocycles. The van der Waals surface area contributed by atoms with E-state index in [0.717, 1.165) is 17.6 Å². The van der Waals surface area contributed by atoms with Gasteiger partial charge in [-0.2, -0.15) is 5.26 Å². The molecule has 2 aromatic heterocycles. The summed E-state index contributed by atoms with van der Waals surface area (Å²) in [5.74, 6) is 0. The maximum absolute atomic E-state index is 11.3. The molecule has 0 spiro atoms. The van der Waals surface area contributed by atoms with Gasteiger partial charge in [-0.1, -0.05) is 11.3 Å². The number of sulfone groups is 1. The van der Waals surface area contributed by atoms with Crippen LogP contribution in [0.2, 0.25) is 0 Å². The summed E-state index contributed by atoms with van der Waals surface area (Å²) in [7, 11) is -3.51. The molecule has 18 heavy (non-hydrogen) atoms. The van der Waals surface area contributed by atoms with Crippen LogP contribution in [0.25, 0.3) is 11.4 Å². The topological polar surface area (TPSA) is 123 Å². The highest BCUT2D eigenvalue weighted by Crippen LogP contribution is 2.27. The Balaban J connectivity index is 2.62. The van der Waals surface area contributed by atoms with Crippen molar-refractivity contribution in [1.82, 2.24) is 15.0 Å². The second kappa shape index (κ2) is 4.32. The van der Waals surface area contributed by atoms with Crippen molar-refractivity contribution in [3.05, 3.63) is 17.1 Å². The third-order valence-electron chi connectivity index (χ3n) is 1.95. The summed E-state index contributed by atoms with van der Waals surface area (Å²) in [5.41, 5.74) is 6.04.